The summed E-state index contributed by atoms with van der Waals surface area (Å²) in [4.78, 5) is 0. The third-order valence-corrected chi connectivity index (χ3v) is 6.06. The number of benzene rings is 3. The van der Waals surface area contributed by atoms with E-state index >= 15 is 0 Å². The van der Waals surface area contributed by atoms with Crippen LogP contribution in [0.2, 0.25) is 0 Å². The summed E-state index contributed by atoms with van der Waals surface area (Å²) in [5.41, 5.74) is 4.27. The van der Waals surface area contributed by atoms with E-state index in [1.807, 2.05) is 30.3 Å². The van der Waals surface area contributed by atoms with Gasteiger partial charge in [0.15, 0.2) is 0 Å². The summed E-state index contributed by atoms with van der Waals surface area (Å²) in [6.45, 7) is 3.18. The second kappa shape index (κ2) is 8.22. The first kappa shape index (κ1) is 18.2. The Morgan fingerprint density at radius 1 is 0.963 bits per heavy atom. The van der Waals surface area contributed by atoms with Crippen molar-refractivity contribution in [1.29, 1.82) is 0 Å². The first-order chi connectivity index (χ1) is 13.2. The molecular formula is C25H28FN. The quantitative estimate of drug-likeness (QED) is 0.514. The third-order valence-electron chi connectivity index (χ3n) is 6.06. The summed E-state index contributed by atoms with van der Waals surface area (Å²) in [6.07, 6.45) is 6.24. The maximum Gasteiger partial charge on any atom is 0.131 e. The van der Waals surface area contributed by atoms with Crippen LogP contribution in [0.15, 0.2) is 60.7 Å². The van der Waals surface area contributed by atoms with Gasteiger partial charge in [-0.05, 0) is 79.6 Å². The van der Waals surface area contributed by atoms with Crippen LogP contribution in [0.25, 0.3) is 10.8 Å². The molecule has 0 amide bonds. The highest BCUT2D eigenvalue weighted by molar-refractivity contribution is 5.86. The summed E-state index contributed by atoms with van der Waals surface area (Å²) in [5.74, 6) is 0.669. The molecule has 0 saturated heterocycles. The normalized spacial score (nSPS) is 17.6. The molecule has 4 rings (SSSR count). The lowest BCUT2D eigenvalue weighted by molar-refractivity contribution is 0.403. The van der Waals surface area contributed by atoms with E-state index < -0.39 is 0 Å². The number of fused-ring (bicyclic) bond motifs is 2. The van der Waals surface area contributed by atoms with Crippen molar-refractivity contribution in [1.82, 2.24) is 5.32 Å². The Hall–Kier alpha value is -2.19. The van der Waals surface area contributed by atoms with Crippen molar-refractivity contribution in [3.8, 4) is 0 Å². The molecule has 0 bridgehead atoms. The molecule has 0 aromatic heterocycles. The SMILES string of the molecule is C[C@@H](NCCCC1CCc2ccccc2C1)c1ccc(F)c2ccccc12. The summed E-state index contributed by atoms with van der Waals surface area (Å²) >= 11 is 0. The smallest absolute Gasteiger partial charge is 0.131 e. The summed E-state index contributed by atoms with van der Waals surface area (Å²) in [7, 11) is 0. The van der Waals surface area contributed by atoms with E-state index in [2.05, 4.69) is 36.5 Å². The van der Waals surface area contributed by atoms with Crippen molar-refractivity contribution >= 4 is 10.8 Å². The zero-order chi connectivity index (χ0) is 18.6. The van der Waals surface area contributed by atoms with Gasteiger partial charge in [-0.15, -0.1) is 0 Å². The van der Waals surface area contributed by atoms with Crippen LogP contribution >= 0.6 is 0 Å². The molecule has 3 aromatic carbocycles. The fraction of sp³-hybridized carbons (Fsp3) is 0.360. The molecule has 1 N–H and O–H groups in total. The van der Waals surface area contributed by atoms with Crippen LogP contribution in [-0.4, -0.2) is 6.54 Å². The van der Waals surface area contributed by atoms with Gasteiger partial charge < -0.3 is 5.32 Å². The topological polar surface area (TPSA) is 12.0 Å². The molecule has 0 fully saturated rings. The van der Waals surface area contributed by atoms with Gasteiger partial charge >= 0.3 is 0 Å². The van der Waals surface area contributed by atoms with Gasteiger partial charge in [0.1, 0.15) is 5.82 Å². The predicted molar refractivity (Wildman–Crippen MR) is 112 cm³/mol. The van der Waals surface area contributed by atoms with Gasteiger partial charge in [-0.1, -0.05) is 54.6 Å². The van der Waals surface area contributed by atoms with Crippen LogP contribution in [0, 0.1) is 11.7 Å². The molecule has 0 spiro atoms. The number of halogens is 1. The van der Waals surface area contributed by atoms with Gasteiger partial charge in [0, 0.05) is 11.4 Å². The van der Waals surface area contributed by atoms with Crippen LogP contribution in [-0.2, 0) is 12.8 Å². The largest absolute Gasteiger partial charge is 0.310 e. The summed E-state index contributed by atoms with van der Waals surface area (Å²) in [6, 6.07) is 20.4. The Balaban J connectivity index is 1.31. The molecule has 2 heteroatoms. The third kappa shape index (κ3) is 4.06. The minimum absolute atomic E-state index is 0.140. The molecule has 27 heavy (non-hydrogen) atoms. The number of hydrogen-bond donors (Lipinski definition) is 1. The second-order valence-electron chi connectivity index (χ2n) is 7.88. The van der Waals surface area contributed by atoms with Crippen molar-refractivity contribution in [2.75, 3.05) is 6.54 Å². The van der Waals surface area contributed by atoms with E-state index in [-0.39, 0.29) is 11.9 Å². The lowest BCUT2D eigenvalue weighted by Gasteiger charge is -2.25. The Bertz CT molecular complexity index is 917. The number of aryl methyl sites for hydroxylation is 1. The molecule has 1 unspecified atom stereocenters. The van der Waals surface area contributed by atoms with Gasteiger partial charge in [0.05, 0.1) is 0 Å². The highest BCUT2D eigenvalue weighted by Gasteiger charge is 2.18. The zero-order valence-corrected chi connectivity index (χ0v) is 16.0. The average molecular weight is 362 g/mol. The van der Waals surface area contributed by atoms with E-state index in [0.29, 0.717) is 5.39 Å². The first-order valence-corrected chi connectivity index (χ1v) is 10.2. The molecule has 3 aromatic rings. The predicted octanol–water partition coefficient (Wildman–Crippen LogP) is 6.21. The molecule has 0 heterocycles. The molecule has 140 valence electrons. The molecule has 0 radical (unpaired) electrons. The van der Waals surface area contributed by atoms with Crippen LogP contribution in [0.4, 0.5) is 4.39 Å². The van der Waals surface area contributed by atoms with E-state index in [0.717, 1.165) is 17.8 Å². The molecule has 0 saturated carbocycles. The monoisotopic (exact) mass is 361 g/mol. The fourth-order valence-corrected chi connectivity index (χ4v) is 4.50. The van der Waals surface area contributed by atoms with Gasteiger partial charge in [-0.25, -0.2) is 4.39 Å². The van der Waals surface area contributed by atoms with Crippen molar-refractivity contribution in [3.05, 3.63) is 83.2 Å². The first-order valence-electron chi connectivity index (χ1n) is 10.2. The van der Waals surface area contributed by atoms with Gasteiger partial charge in [-0.3, -0.25) is 0 Å². The Morgan fingerprint density at radius 2 is 1.70 bits per heavy atom. The van der Waals surface area contributed by atoms with Gasteiger partial charge in [-0.2, -0.15) is 0 Å². The maximum absolute atomic E-state index is 14.0. The maximum atomic E-state index is 14.0. The second-order valence-corrected chi connectivity index (χ2v) is 7.88. The molecular weight excluding hydrogens is 333 g/mol. The van der Waals surface area contributed by atoms with Crippen molar-refractivity contribution in [3.63, 3.8) is 0 Å². The standard InChI is InChI=1S/C25H28FN/c1-18(22-14-15-25(26)24-11-5-4-10-23(22)24)27-16-6-7-19-12-13-20-8-2-3-9-21(20)17-19/h2-5,8-11,14-15,18-19,27H,6-7,12-13,16-17H2,1H3/t18-,19?/m1/s1. The Kier molecular flexibility index (Phi) is 5.54. The van der Waals surface area contributed by atoms with Gasteiger partial charge in [0.2, 0.25) is 0 Å². The minimum Gasteiger partial charge on any atom is -0.310 e. The highest BCUT2D eigenvalue weighted by atomic mass is 19.1. The highest BCUT2D eigenvalue weighted by Crippen LogP contribution is 2.29. The summed E-state index contributed by atoms with van der Waals surface area (Å²) < 4.78 is 14.0. The van der Waals surface area contributed by atoms with Crippen LogP contribution in [0.5, 0.6) is 0 Å². The van der Waals surface area contributed by atoms with Crippen molar-refractivity contribution in [2.45, 2.75) is 45.1 Å². The van der Waals surface area contributed by atoms with E-state index in [9.17, 15) is 4.39 Å². The molecule has 1 aliphatic carbocycles. The van der Waals surface area contributed by atoms with E-state index in [4.69, 9.17) is 0 Å². The minimum atomic E-state index is -0.140. The van der Waals surface area contributed by atoms with E-state index in [1.54, 1.807) is 17.2 Å². The lowest BCUT2D eigenvalue weighted by Crippen LogP contribution is -2.22. The molecule has 1 aliphatic rings. The number of hydrogen-bond acceptors (Lipinski definition) is 1. The molecule has 1 nitrogen and oxygen atoms in total. The van der Waals surface area contributed by atoms with Crippen LogP contribution in [0.1, 0.15) is 48.9 Å². The average Bonchev–Trinajstić information content (AvgIpc) is 2.71. The molecule has 0 aliphatic heterocycles. The van der Waals surface area contributed by atoms with Crippen molar-refractivity contribution < 1.29 is 4.39 Å². The number of nitrogens with one attached hydrogen (secondary N) is 1. The van der Waals surface area contributed by atoms with Crippen LogP contribution in [0.3, 0.4) is 0 Å². The zero-order valence-electron chi connectivity index (χ0n) is 16.0. The van der Waals surface area contributed by atoms with Crippen molar-refractivity contribution in [2.24, 2.45) is 5.92 Å². The lowest BCUT2D eigenvalue weighted by atomic mass is 9.82. The summed E-state index contributed by atoms with van der Waals surface area (Å²) in [5, 5.41) is 5.37. The Labute approximate surface area is 161 Å². The van der Waals surface area contributed by atoms with Gasteiger partial charge in [0.25, 0.3) is 0 Å². The molecule has 2 atom stereocenters. The number of rotatable bonds is 6. The van der Waals surface area contributed by atoms with Crippen LogP contribution < -0.4 is 5.32 Å². The van der Waals surface area contributed by atoms with E-state index in [1.165, 1.54) is 37.7 Å². The Morgan fingerprint density at radius 3 is 2.56 bits per heavy atom. The fourth-order valence-electron chi connectivity index (χ4n) is 4.50.